The van der Waals surface area contributed by atoms with Gasteiger partial charge in [0.2, 0.25) is 11.8 Å². The molecule has 0 fully saturated rings. The Bertz CT molecular complexity index is 976. The number of amides is 1. The number of benzene rings is 2. The Hall–Kier alpha value is -2.88. The van der Waals surface area contributed by atoms with Gasteiger partial charge in [-0.2, -0.15) is 0 Å². The van der Waals surface area contributed by atoms with E-state index >= 15 is 0 Å². The Balaban J connectivity index is 1.42. The molecular formula is C24H26N2O2. The molecule has 0 saturated heterocycles. The van der Waals surface area contributed by atoms with Crippen LogP contribution in [0.2, 0.25) is 0 Å². The average Bonchev–Trinajstić information content (AvgIpc) is 3.08. The largest absolute Gasteiger partial charge is 0.441 e. The van der Waals surface area contributed by atoms with Gasteiger partial charge in [0.1, 0.15) is 5.76 Å². The van der Waals surface area contributed by atoms with Crippen LogP contribution in [0.15, 0.2) is 52.9 Å². The monoisotopic (exact) mass is 374 g/mol. The normalized spacial score (nSPS) is 14.4. The molecule has 1 aliphatic carbocycles. The zero-order chi connectivity index (χ0) is 19.5. The van der Waals surface area contributed by atoms with Crippen molar-refractivity contribution in [3.05, 3.63) is 76.7 Å². The molecule has 0 aliphatic heterocycles. The summed E-state index contributed by atoms with van der Waals surface area (Å²) in [6.07, 6.45) is 5.07. The molecule has 1 aliphatic rings. The Kier molecular flexibility index (Phi) is 5.29. The number of nitrogens with zero attached hydrogens (tertiary/aromatic N) is 1. The molecule has 1 atom stereocenters. The minimum Gasteiger partial charge on any atom is -0.441 e. The number of hydrogen-bond acceptors (Lipinski definition) is 3. The molecule has 0 saturated carbocycles. The van der Waals surface area contributed by atoms with E-state index in [2.05, 4.69) is 28.5 Å². The summed E-state index contributed by atoms with van der Waals surface area (Å²) in [6, 6.07) is 16.3. The lowest BCUT2D eigenvalue weighted by Gasteiger charge is -2.20. The van der Waals surface area contributed by atoms with Gasteiger partial charge in [-0.25, -0.2) is 4.98 Å². The number of carbonyl (C=O) groups is 1. The fourth-order valence-corrected chi connectivity index (χ4v) is 3.85. The van der Waals surface area contributed by atoms with E-state index < -0.39 is 0 Å². The summed E-state index contributed by atoms with van der Waals surface area (Å²) in [7, 11) is 0. The van der Waals surface area contributed by atoms with E-state index in [9.17, 15) is 4.79 Å². The Morgan fingerprint density at radius 2 is 1.86 bits per heavy atom. The van der Waals surface area contributed by atoms with E-state index in [1.165, 1.54) is 30.4 Å². The molecule has 1 heterocycles. The number of hydrogen-bond donors (Lipinski definition) is 1. The van der Waals surface area contributed by atoms with Gasteiger partial charge < -0.3 is 9.73 Å². The van der Waals surface area contributed by atoms with Crippen LogP contribution in [0.1, 0.15) is 54.0 Å². The zero-order valence-electron chi connectivity index (χ0n) is 16.5. The van der Waals surface area contributed by atoms with Crippen molar-refractivity contribution in [2.45, 2.75) is 52.0 Å². The summed E-state index contributed by atoms with van der Waals surface area (Å²) < 4.78 is 5.76. The van der Waals surface area contributed by atoms with Crippen molar-refractivity contribution < 1.29 is 9.21 Å². The van der Waals surface area contributed by atoms with Gasteiger partial charge in [-0.1, -0.05) is 36.4 Å². The van der Waals surface area contributed by atoms with E-state index in [4.69, 9.17) is 4.42 Å². The van der Waals surface area contributed by atoms with Gasteiger partial charge in [0.05, 0.1) is 18.2 Å². The van der Waals surface area contributed by atoms with Crippen LogP contribution in [0.25, 0.3) is 11.5 Å². The van der Waals surface area contributed by atoms with E-state index in [0.717, 1.165) is 17.5 Å². The molecule has 0 radical (unpaired) electrons. The molecule has 1 aromatic heterocycles. The second-order valence-corrected chi connectivity index (χ2v) is 7.59. The molecule has 0 bridgehead atoms. The summed E-state index contributed by atoms with van der Waals surface area (Å²) in [5, 5.41) is 3.11. The number of oxazole rings is 1. The number of nitrogens with one attached hydrogen (secondary N) is 1. The molecule has 28 heavy (non-hydrogen) atoms. The van der Waals surface area contributed by atoms with Crippen molar-refractivity contribution in [3.8, 4) is 11.5 Å². The highest BCUT2D eigenvalue weighted by Gasteiger charge is 2.17. The highest BCUT2D eigenvalue weighted by atomic mass is 16.4. The van der Waals surface area contributed by atoms with Gasteiger partial charge in [0.15, 0.2) is 0 Å². The van der Waals surface area contributed by atoms with Gasteiger partial charge in [-0.05, 0) is 68.4 Å². The number of fused-ring (bicyclic) bond motifs is 1. The van der Waals surface area contributed by atoms with Gasteiger partial charge in [0.25, 0.3) is 0 Å². The molecule has 3 aromatic rings. The van der Waals surface area contributed by atoms with Crippen LogP contribution in [0.3, 0.4) is 0 Å². The standard InChI is InChI=1S/C24H26N2O2/c1-16(20-13-12-18-8-6-7-11-21(18)14-20)25-23(27)15-22-17(2)28-24(26-22)19-9-4-3-5-10-19/h3-5,9-10,12-14,16H,6-8,11,15H2,1-2H3,(H,25,27). The van der Waals surface area contributed by atoms with Crippen molar-refractivity contribution in [2.24, 2.45) is 0 Å². The Labute approximate surface area is 166 Å². The smallest absolute Gasteiger partial charge is 0.226 e. The summed E-state index contributed by atoms with van der Waals surface area (Å²) in [5.41, 5.74) is 5.66. The van der Waals surface area contributed by atoms with Gasteiger partial charge in [-0.3, -0.25) is 4.79 Å². The number of carbonyl (C=O) groups excluding carboxylic acids is 1. The third-order valence-corrected chi connectivity index (χ3v) is 5.49. The SMILES string of the molecule is Cc1oc(-c2ccccc2)nc1CC(=O)NC(C)c1ccc2c(c1)CCCC2. The second-order valence-electron chi connectivity index (χ2n) is 7.59. The van der Waals surface area contributed by atoms with Crippen molar-refractivity contribution in [1.29, 1.82) is 0 Å². The summed E-state index contributed by atoms with van der Waals surface area (Å²) >= 11 is 0. The van der Waals surface area contributed by atoms with Crippen molar-refractivity contribution in [2.75, 3.05) is 0 Å². The molecule has 144 valence electrons. The van der Waals surface area contributed by atoms with E-state index in [1.807, 2.05) is 44.2 Å². The molecule has 1 amide bonds. The molecule has 1 unspecified atom stereocenters. The third-order valence-electron chi connectivity index (χ3n) is 5.49. The Morgan fingerprint density at radius 1 is 1.11 bits per heavy atom. The lowest BCUT2D eigenvalue weighted by Crippen LogP contribution is -2.28. The highest BCUT2D eigenvalue weighted by molar-refractivity contribution is 5.79. The quantitative estimate of drug-likeness (QED) is 0.687. The van der Waals surface area contributed by atoms with Crippen LogP contribution in [-0.2, 0) is 24.1 Å². The molecule has 4 nitrogen and oxygen atoms in total. The van der Waals surface area contributed by atoms with Crippen LogP contribution in [0.5, 0.6) is 0 Å². The molecule has 4 rings (SSSR count). The van der Waals surface area contributed by atoms with E-state index in [0.29, 0.717) is 17.3 Å². The molecule has 2 aromatic carbocycles. The molecule has 4 heteroatoms. The first-order chi connectivity index (χ1) is 13.6. The maximum atomic E-state index is 12.6. The number of aryl methyl sites for hydroxylation is 3. The van der Waals surface area contributed by atoms with Crippen molar-refractivity contribution in [1.82, 2.24) is 10.3 Å². The first-order valence-corrected chi connectivity index (χ1v) is 10.0. The van der Waals surface area contributed by atoms with E-state index in [-0.39, 0.29) is 18.4 Å². The summed E-state index contributed by atoms with van der Waals surface area (Å²) in [4.78, 5) is 17.1. The molecule has 0 spiro atoms. The lowest BCUT2D eigenvalue weighted by molar-refractivity contribution is -0.121. The minimum absolute atomic E-state index is 0.0273. The highest BCUT2D eigenvalue weighted by Crippen LogP contribution is 2.25. The average molecular weight is 374 g/mol. The van der Waals surface area contributed by atoms with Crippen LogP contribution in [0, 0.1) is 6.92 Å². The number of aromatic nitrogens is 1. The summed E-state index contributed by atoms with van der Waals surface area (Å²) in [6.45, 7) is 3.89. The van der Waals surface area contributed by atoms with Crippen molar-refractivity contribution >= 4 is 5.91 Å². The lowest BCUT2D eigenvalue weighted by atomic mass is 9.89. The van der Waals surface area contributed by atoms with Crippen LogP contribution in [0.4, 0.5) is 0 Å². The first-order valence-electron chi connectivity index (χ1n) is 10.0. The van der Waals surface area contributed by atoms with Gasteiger partial charge >= 0.3 is 0 Å². The van der Waals surface area contributed by atoms with Gasteiger partial charge in [0, 0.05) is 5.56 Å². The topological polar surface area (TPSA) is 55.1 Å². The Morgan fingerprint density at radius 3 is 2.64 bits per heavy atom. The summed E-state index contributed by atoms with van der Waals surface area (Å²) in [5.74, 6) is 1.21. The maximum Gasteiger partial charge on any atom is 0.226 e. The van der Waals surface area contributed by atoms with E-state index in [1.54, 1.807) is 0 Å². The van der Waals surface area contributed by atoms with Crippen LogP contribution < -0.4 is 5.32 Å². The van der Waals surface area contributed by atoms with Crippen molar-refractivity contribution in [3.63, 3.8) is 0 Å². The third kappa shape index (κ3) is 4.01. The predicted molar refractivity (Wildman–Crippen MR) is 110 cm³/mol. The zero-order valence-corrected chi connectivity index (χ0v) is 16.5. The van der Waals surface area contributed by atoms with Gasteiger partial charge in [-0.15, -0.1) is 0 Å². The van der Waals surface area contributed by atoms with Crippen LogP contribution >= 0.6 is 0 Å². The fraction of sp³-hybridized carbons (Fsp3) is 0.333. The fourth-order valence-electron chi connectivity index (χ4n) is 3.85. The molecular weight excluding hydrogens is 348 g/mol. The minimum atomic E-state index is -0.0405. The first kappa shape index (κ1) is 18.5. The van der Waals surface area contributed by atoms with Crippen LogP contribution in [-0.4, -0.2) is 10.9 Å². The predicted octanol–water partition coefficient (Wildman–Crippen LogP) is 4.95. The second kappa shape index (κ2) is 8.01. The maximum absolute atomic E-state index is 12.6. The number of rotatable bonds is 5. The molecule has 1 N–H and O–H groups in total.